The summed E-state index contributed by atoms with van der Waals surface area (Å²) in [5.41, 5.74) is 0. The minimum Gasteiger partial charge on any atom is -0.481 e. The lowest BCUT2D eigenvalue weighted by molar-refractivity contribution is -0.136. The summed E-state index contributed by atoms with van der Waals surface area (Å²) in [7, 11) is 0. The van der Waals surface area contributed by atoms with E-state index in [-0.39, 0.29) is 25.6 Å². The number of amides is 2. The molecule has 92 valence electrons. The van der Waals surface area contributed by atoms with E-state index in [1.54, 1.807) is 4.90 Å². The zero-order valence-electron chi connectivity index (χ0n) is 9.19. The van der Waals surface area contributed by atoms with Gasteiger partial charge in [0.15, 0.2) is 0 Å². The van der Waals surface area contributed by atoms with Gasteiger partial charge < -0.3 is 20.4 Å². The largest absolute Gasteiger partial charge is 0.481 e. The number of nitrogens with zero attached hydrogens (tertiary/aromatic N) is 1. The molecule has 2 amide bonds. The molecule has 0 aromatic rings. The number of aliphatic carboxylic acids is 1. The fourth-order valence-corrected chi connectivity index (χ4v) is 1.82. The number of aliphatic hydroxyl groups excluding tert-OH is 1. The molecule has 1 saturated heterocycles. The van der Waals surface area contributed by atoms with E-state index < -0.39 is 5.97 Å². The fraction of sp³-hybridized carbons (Fsp3) is 0.800. The number of likely N-dealkylation sites (tertiary alicyclic amines) is 1. The molecule has 0 aromatic heterocycles. The second-order valence-corrected chi connectivity index (χ2v) is 3.99. The van der Waals surface area contributed by atoms with Gasteiger partial charge in [0.1, 0.15) is 0 Å². The van der Waals surface area contributed by atoms with Crippen LogP contribution in [0.25, 0.3) is 0 Å². The first kappa shape index (κ1) is 12.8. The Morgan fingerprint density at radius 3 is 2.81 bits per heavy atom. The summed E-state index contributed by atoms with van der Waals surface area (Å²) in [6.07, 6.45) is 1.57. The molecule has 0 saturated carbocycles. The molecule has 6 nitrogen and oxygen atoms in total. The molecule has 1 rings (SSSR count). The van der Waals surface area contributed by atoms with Crippen LogP contribution in [-0.4, -0.2) is 53.4 Å². The number of nitrogens with one attached hydrogen (secondary N) is 1. The maximum Gasteiger partial charge on any atom is 0.317 e. The predicted octanol–water partition coefficient (Wildman–Crippen LogP) is -0.125. The first-order valence-electron chi connectivity index (χ1n) is 5.49. The molecule has 3 N–H and O–H groups in total. The Bertz CT molecular complexity index is 257. The Balaban J connectivity index is 2.20. The standard InChI is InChI=1S/C10H18N2O4/c13-6-3-8-2-5-12(7-8)10(16)11-4-1-9(14)15/h8,13H,1-7H2,(H,11,16)(H,14,15). The van der Waals surface area contributed by atoms with Gasteiger partial charge in [0.2, 0.25) is 0 Å². The topological polar surface area (TPSA) is 89.9 Å². The maximum atomic E-state index is 11.5. The maximum absolute atomic E-state index is 11.5. The summed E-state index contributed by atoms with van der Waals surface area (Å²) in [4.78, 5) is 23.5. The van der Waals surface area contributed by atoms with E-state index in [2.05, 4.69) is 5.32 Å². The molecule has 0 aliphatic carbocycles. The van der Waals surface area contributed by atoms with Gasteiger partial charge in [0, 0.05) is 26.2 Å². The molecule has 6 heteroatoms. The van der Waals surface area contributed by atoms with Crippen LogP contribution >= 0.6 is 0 Å². The molecular formula is C10H18N2O4. The lowest BCUT2D eigenvalue weighted by Crippen LogP contribution is -2.39. The van der Waals surface area contributed by atoms with Crippen molar-refractivity contribution in [3.8, 4) is 0 Å². The number of urea groups is 1. The van der Waals surface area contributed by atoms with Gasteiger partial charge in [0.25, 0.3) is 0 Å². The molecule has 0 aromatic carbocycles. The normalized spacial score (nSPS) is 19.8. The van der Waals surface area contributed by atoms with Crippen LogP contribution in [0.15, 0.2) is 0 Å². The molecule has 1 heterocycles. The number of rotatable bonds is 5. The molecule has 1 fully saturated rings. The average Bonchev–Trinajstić information content (AvgIpc) is 2.66. The Hall–Kier alpha value is -1.30. The van der Waals surface area contributed by atoms with E-state index in [9.17, 15) is 9.59 Å². The van der Waals surface area contributed by atoms with Crippen LogP contribution in [0.1, 0.15) is 19.3 Å². The SMILES string of the molecule is O=C(O)CCNC(=O)N1CCC(CCO)C1. The third-order valence-corrected chi connectivity index (χ3v) is 2.73. The molecule has 1 aliphatic rings. The Morgan fingerprint density at radius 2 is 2.19 bits per heavy atom. The molecule has 0 spiro atoms. The summed E-state index contributed by atoms with van der Waals surface area (Å²) in [5.74, 6) is -0.546. The summed E-state index contributed by atoms with van der Waals surface area (Å²) >= 11 is 0. The van der Waals surface area contributed by atoms with Gasteiger partial charge in [-0.2, -0.15) is 0 Å². The van der Waals surface area contributed by atoms with Crippen LogP contribution in [0.5, 0.6) is 0 Å². The van der Waals surface area contributed by atoms with Gasteiger partial charge in [-0.05, 0) is 18.8 Å². The number of carboxylic acids is 1. The first-order chi connectivity index (χ1) is 7.63. The van der Waals surface area contributed by atoms with Crippen molar-refractivity contribution in [2.75, 3.05) is 26.2 Å². The van der Waals surface area contributed by atoms with Gasteiger partial charge in [-0.1, -0.05) is 0 Å². The molecule has 1 atom stereocenters. The second kappa shape index (κ2) is 6.32. The van der Waals surface area contributed by atoms with Crippen LogP contribution in [0, 0.1) is 5.92 Å². The van der Waals surface area contributed by atoms with Crippen LogP contribution in [0.3, 0.4) is 0 Å². The van der Waals surface area contributed by atoms with Crippen LogP contribution in [0.2, 0.25) is 0 Å². The average molecular weight is 230 g/mol. The summed E-state index contributed by atoms with van der Waals surface area (Å²) in [5, 5.41) is 19.7. The van der Waals surface area contributed by atoms with E-state index in [0.29, 0.717) is 19.0 Å². The van der Waals surface area contributed by atoms with Crippen molar-refractivity contribution in [3.63, 3.8) is 0 Å². The first-order valence-corrected chi connectivity index (χ1v) is 5.49. The van der Waals surface area contributed by atoms with Crippen molar-refractivity contribution in [2.45, 2.75) is 19.3 Å². The smallest absolute Gasteiger partial charge is 0.317 e. The molecule has 0 radical (unpaired) electrons. The van der Waals surface area contributed by atoms with Gasteiger partial charge in [0.05, 0.1) is 6.42 Å². The zero-order valence-corrected chi connectivity index (χ0v) is 9.19. The quantitative estimate of drug-likeness (QED) is 0.614. The minimum absolute atomic E-state index is 0.0559. The molecule has 1 unspecified atom stereocenters. The highest BCUT2D eigenvalue weighted by Gasteiger charge is 2.25. The second-order valence-electron chi connectivity index (χ2n) is 3.99. The van der Waals surface area contributed by atoms with E-state index in [0.717, 1.165) is 12.8 Å². The van der Waals surface area contributed by atoms with Crippen molar-refractivity contribution < 1.29 is 19.8 Å². The fourth-order valence-electron chi connectivity index (χ4n) is 1.82. The third-order valence-electron chi connectivity index (χ3n) is 2.73. The van der Waals surface area contributed by atoms with E-state index in [4.69, 9.17) is 10.2 Å². The van der Waals surface area contributed by atoms with Crippen molar-refractivity contribution in [2.24, 2.45) is 5.92 Å². The number of hydrogen-bond donors (Lipinski definition) is 3. The lowest BCUT2D eigenvalue weighted by Gasteiger charge is -2.16. The molecule has 1 aliphatic heterocycles. The van der Waals surface area contributed by atoms with E-state index in [1.807, 2.05) is 0 Å². The summed E-state index contributed by atoms with van der Waals surface area (Å²) in [6.45, 7) is 1.65. The number of carbonyl (C=O) groups is 2. The Morgan fingerprint density at radius 1 is 1.44 bits per heavy atom. The predicted molar refractivity (Wildman–Crippen MR) is 57.0 cm³/mol. The highest BCUT2D eigenvalue weighted by molar-refractivity contribution is 5.75. The van der Waals surface area contributed by atoms with Gasteiger partial charge in [-0.25, -0.2) is 4.79 Å². The van der Waals surface area contributed by atoms with Crippen molar-refractivity contribution in [3.05, 3.63) is 0 Å². The summed E-state index contributed by atoms with van der Waals surface area (Å²) in [6, 6.07) is -0.207. The van der Waals surface area contributed by atoms with Gasteiger partial charge in [-0.15, -0.1) is 0 Å². The molecular weight excluding hydrogens is 212 g/mol. The van der Waals surface area contributed by atoms with E-state index >= 15 is 0 Å². The number of carboxylic acid groups (broad SMARTS) is 1. The third kappa shape index (κ3) is 4.06. The number of hydrogen-bond acceptors (Lipinski definition) is 3. The highest BCUT2D eigenvalue weighted by atomic mass is 16.4. The Labute approximate surface area is 94.2 Å². The van der Waals surface area contributed by atoms with Gasteiger partial charge in [-0.3, -0.25) is 4.79 Å². The molecule has 0 bridgehead atoms. The number of carbonyl (C=O) groups excluding carboxylic acids is 1. The van der Waals surface area contributed by atoms with Crippen molar-refractivity contribution in [1.29, 1.82) is 0 Å². The molecule has 16 heavy (non-hydrogen) atoms. The monoisotopic (exact) mass is 230 g/mol. The lowest BCUT2D eigenvalue weighted by atomic mass is 10.1. The number of aliphatic hydroxyl groups is 1. The van der Waals surface area contributed by atoms with E-state index in [1.165, 1.54) is 0 Å². The van der Waals surface area contributed by atoms with Crippen molar-refractivity contribution >= 4 is 12.0 Å². The highest BCUT2D eigenvalue weighted by Crippen LogP contribution is 2.18. The van der Waals surface area contributed by atoms with Gasteiger partial charge >= 0.3 is 12.0 Å². The van der Waals surface area contributed by atoms with Crippen LogP contribution in [-0.2, 0) is 4.79 Å². The van der Waals surface area contributed by atoms with Crippen molar-refractivity contribution in [1.82, 2.24) is 10.2 Å². The van der Waals surface area contributed by atoms with Crippen LogP contribution < -0.4 is 5.32 Å². The zero-order chi connectivity index (χ0) is 12.0. The Kier molecular flexibility index (Phi) is 5.04. The summed E-state index contributed by atoms with van der Waals surface area (Å²) < 4.78 is 0. The van der Waals surface area contributed by atoms with Crippen LogP contribution in [0.4, 0.5) is 4.79 Å². The minimum atomic E-state index is -0.917.